The summed E-state index contributed by atoms with van der Waals surface area (Å²) in [7, 11) is 3.02. The molecule has 1 aliphatic heterocycles. The van der Waals surface area contributed by atoms with Crippen LogP contribution in [0.1, 0.15) is 15.9 Å². The van der Waals surface area contributed by atoms with Gasteiger partial charge in [-0.25, -0.2) is 9.18 Å². The van der Waals surface area contributed by atoms with Gasteiger partial charge < -0.3 is 9.80 Å². The number of carbonyl (C=O) groups is 1. The van der Waals surface area contributed by atoms with Crippen molar-refractivity contribution in [3.8, 4) is 0 Å². The lowest BCUT2D eigenvalue weighted by Crippen LogP contribution is -2.49. The number of nitrogens with zero attached hydrogens (tertiary/aromatic N) is 6. The van der Waals surface area contributed by atoms with Crippen molar-refractivity contribution in [1.82, 2.24) is 23.6 Å². The smallest absolute Gasteiger partial charge is 0.332 e. The molecule has 0 saturated carbocycles. The largest absolute Gasteiger partial charge is 0.339 e. The van der Waals surface area contributed by atoms with Gasteiger partial charge in [0.1, 0.15) is 5.82 Å². The molecule has 35 heavy (non-hydrogen) atoms. The number of hydrogen-bond acceptors (Lipinski definition) is 5. The number of aromatic nitrogens is 4. The van der Waals surface area contributed by atoms with Gasteiger partial charge in [-0.1, -0.05) is 30.3 Å². The fourth-order valence-corrected chi connectivity index (χ4v) is 4.47. The number of anilines is 1. The monoisotopic (exact) mass is 476 g/mol. The van der Waals surface area contributed by atoms with E-state index in [1.54, 1.807) is 40.8 Å². The molecule has 0 atom stereocenters. The van der Waals surface area contributed by atoms with Crippen LogP contribution in [0.5, 0.6) is 0 Å². The molecule has 1 fully saturated rings. The summed E-state index contributed by atoms with van der Waals surface area (Å²) in [5, 5.41) is 0. The highest BCUT2D eigenvalue weighted by molar-refractivity contribution is 5.94. The Morgan fingerprint density at radius 1 is 0.914 bits per heavy atom. The van der Waals surface area contributed by atoms with Crippen LogP contribution in [0.25, 0.3) is 11.2 Å². The lowest BCUT2D eigenvalue weighted by Gasteiger charge is -2.35. The zero-order chi connectivity index (χ0) is 24.7. The lowest BCUT2D eigenvalue weighted by molar-refractivity contribution is 0.0746. The van der Waals surface area contributed by atoms with Crippen molar-refractivity contribution in [3.05, 3.63) is 92.4 Å². The Kier molecular flexibility index (Phi) is 5.72. The van der Waals surface area contributed by atoms with Gasteiger partial charge in [-0.3, -0.25) is 23.3 Å². The van der Waals surface area contributed by atoms with E-state index in [4.69, 9.17) is 4.98 Å². The van der Waals surface area contributed by atoms with Crippen molar-refractivity contribution >= 4 is 23.0 Å². The minimum Gasteiger partial charge on any atom is -0.339 e. The van der Waals surface area contributed by atoms with Crippen LogP contribution in [0.15, 0.2) is 64.2 Å². The van der Waals surface area contributed by atoms with Crippen LogP contribution in [0.3, 0.4) is 0 Å². The van der Waals surface area contributed by atoms with E-state index in [0.717, 1.165) is 10.1 Å². The van der Waals surface area contributed by atoms with Gasteiger partial charge in [0.15, 0.2) is 11.2 Å². The Balaban J connectivity index is 1.52. The number of imidazole rings is 1. The molecule has 3 heterocycles. The van der Waals surface area contributed by atoms with Gasteiger partial charge in [-0.15, -0.1) is 0 Å². The molecule has 180 valence electrons. The number of benzene rings is 2. The van der Waals surface area contributed by atoms with E-state index in [1.807, 2.05) is 23.1 Å². The Morgan fingerprint density at radius 3 is 2.23 bits per heavy atom. The third kappa shape index (κ3) is 4.01. The minimum atomic E-state index is -0.459. The summed E-state index contributed by atoms with van der Waals surface area (Å²) < 4.78 is 17.7. The fraction of sp³-hybridized carbons (Fsp3) is 0.280. The standard InChI is InChI=1S/C25H25FN6O3/c1-28-21-20(23(34)29(2)25(28)35)32(16-17-8-10-19(26)11-9-17)24(27-21)31-14-12-30(13-15-31)22(33)18-6-4-3-5-7-18/h3-11H,12-16H2,1-2H3. The molecule has 2 aromatic carbocycles. The molecule has 1 saturated heterocycles. The van der Waals surface area contributed by atoms with Gasteiger partial charge in [0, 0.05) is 45.8 Å². The molecule has 9 nitrogen and oxygen atoms in total. The number of piperazine rings is 1. The van der Waals surface area contributed by atoms with Crippen molar-refractivity contribution < 1.29 is 9.18 Å². The Labute approximate surface area is 200 Å². The van der Waals surface area contributed by atoms with E-state index in [-0.39, 0.29) is 23.9 Å². The second-order valence-corrected chi connectivity index (χ2v) is 8.65. The summed E-state index contributed by atoms with van der Waals surface area (Å²) in [5.74, 6) is 0.165. The molecule has 0 spiro atoms. The number of hydrogen-bond donors (Lipinski definition) is 0. The van der Waals surface area contributed by atoms with Crippen molar-refractivity contribution in [2.45, 2.75) is 6.54 Å². The van der Waals surface area contributed by atoms with Gasteiger partial charge in [-0.2, -0.15) is 4.98 Å². The average Bonchev–Trinajstić information content (AvgIpc) is 3.27. The normalized spacial score (nSPS) is 14.0. The number of carbonyl (C=O) groups excluding carboxylic acids is 1. The molecular formula is C25H25FN6O3. The molecule has 4 aromatic rings. The lowest BCUT2D eigenvalue weighted by atomic mass is 10.2. The molecule has 10 heteroatoms. The first-order valence-corrected chi connectivity index (χ1v) is 11.3. The molecular weight excluding hydrogens is 451 g/mol. The maximum atomic E-state index is 13.5. The van der Waals surface area contributed by atoms with Gasteiger partial charge in [0.2, 0.25) is 5.95 Å². The van der Waals surface area contributed by atoms with E-state index < -0.39 is 11.2 Å². The first-order valence-electron chi connectivity index (χ1n) is 11.3. The SMILES string of the molecule is Cn1c(=O)c2c(nc(N3CCN(C(=O)c4ccccc4)CC3)n2Cc2ccc(F)cc2)n(C)c1=O. The van der Waals surface area contributed by atoms with Gasteiger partial charge >= 0.3 is 5.69 Å². The first kappa shape index (κ1) is 22.6. The Hall–Kier alpha value is -4.21. The van der Waals surface area contributed by atoms with E-state index >= 15 is 0 Å². The van der Waals surface area contributed by atoms with Crippen LogP contribution in [0.2, 0.25) is 0 Å². The molecule has 1 amide bonds. The average molecular weight is 477 g/mol. The summed E-state index contributed by atoms with van der Waals surface area (Å²) in [4.78, 5) is 47.0. The number of rotatable bonds is 4. The van der Waals surface area contributed by atoms with Crippen LogP contribution in [-0.4, -0.2) is 55.7 Å². The molecule has 2 aromatic heterocycles. The molecule has 0 unspecified atom stereocenters. The minimum absolute atomic E-state index is 0.0265. The van der Waals surface area contributed by atoms with E-state index in [1.165, 1.54) is 23.7 Å². The van der Waals surface area contributed by atoms with E-state index in [9.17, 15) is 18.8 Å². The van der Waals surface area contributed by atoms with E-state index in [2.05, 4.69) is 0 Å². The van der Waals surface area contributed by atoms with Crippen LogP contribution in [0, 0.1) is 5.82 Å². The topological polar surface area (TPSA) is 85.4 Å². The van der Waals surface area contributed by atoms with Gasteiger partial charge in [-0.05, 0) is 29.8 Å². The number of halogens is 1. The number of amides is 1. The summed E-state index contributed by atoms with van der Waals surface area (Å²) >= 11 is 0. The zero-order valence-corrected chi connectivity index (χ0v) is 19.5. The second kappa shape index (κ2) is 8.86. The third-order valence-electron chi connectivity index (χ3n) is 6.45. The van der Waals surface area contributed by atoms with Crippen LogP contribution >= 0.6 is 0 Å². The van der Waals surface area contributed by atoms with Crippen LogP contribution in [0.4, 0.5) is 10.3 Å². The Bertz CT molecular complexity index is 1510. The highest BCUT2D eigenvalue weighted by Crippen LogP contribution is 2.23. The maximum Gasteiger partial charge on any atom is 0.332 e. The van der Waals surface area contributed by atoms with Crippen molar-refractivity contribution in [2.75, 3.05) is 31.1 Å². The molecule has 0 N–H and O–H groups in total. The molecule has 0 bridgehead atoms. The number of aryl methyl sites for hydroxylation is 1. The first-order chi connectivity index (χ1) is 16.8. The molecule has 1 aliphatic rings. The third-order valence-corrected chi connectivity index (χ3v) is 6.45. The zero-order valence-electron chi connectivity index (χ0n) is 19.5. The predicted octanol–water partition coefficient (Wildman–Crippen LogP) is 1.58. The van der Waals surface area contributed by atoms with Crippen LogP contribution in [-0.2, 0) is 20.6 Å². The number of fused-ring (bicyclic) bond motifs is 1. The maximum absolute atomic E-state index is 13.5. The Morgan fingerprint density at radius 2 is 1.57 bits per heavy atom. The summed E-state index contributed by atoms with van der Waals surface area (Å²) in [5.41, 5.74) is 1.12. The van der Waals surface area contributed by atoms with E-state index in [0.29, 0.717) is 43.2 Å². The van der Waals surface area contributed by atoms with Crippen molar-refractivity contribution in [3.63, 3.8) is 0 Å². The quantitative estimate of drug-likeness (QED) is 0.447. The summed E-state index contributed by atoms with van der Waals surface area (Å²) in [6, 6.07) is 15.2. The highest BCUT2D eigenvalue weighted by Gasteiger charge is 2.27. The van der Waals surface area contributed by atoms with Crippen LogP contribution < -0.4 is 16.1 Å². The van der Waals surface area contributed by atoms with Crippen molar-refractivity contribution in [2.24, 2.45) is 14.1 Å². The molecule has 5 rings (SSSR count). The molecule has 0 aliphatic carbocycles. The highest BCUT2D eigenvalue weighted by atomic mass is 19.1. The van der Waals surface area contributed by atoms with Gasteiger partial charge in [0.25, 0.3) is 11.5 Å². The van der Waals surface area contributed by atoms with Crippen molar-refractivity contribution in [1.29, 1.82) is 0 Å². The summed E-state index contributed by atoms with van der Waals surface area (Å²) in [6.07, 6.45) is 0. The van der Waals surface area contributed by atoms with Gasteiger partial charge in [0.05, 0.1) is 6.54 Å². The summed E-state index contributed by atoms with van der Waals surface area (Å²) in [6.45, 7) is 2.29. The fourth-order valence-electron chi connectivity index (χ4n) is 4.47. The predicted molar refractivity (Wildman–Crippen MR) is 130 cm³/mol. The molecule has 0 radical (unpaired) electrons. The second-order valence-electron chi connectivity index (χ2n) is 8.65.